The maximum absolute atomic E-state index is 13.2. The van der Waals surface area contributed by atoms with Crippen molar-refractivity contribution in [2.24, 2.45) is 0 Å². The number of aryl methyl sites for hydroxylation is 2. The lowest BCUT2D eigenvalue weighted by Crippen LogP contribution is -2.32. The van der Waals surface area contributed by atoms with Crippen LogP contribution in [0.4, 0.5) is 5.69 Å². The number of carbonyl (C=O) groups is 1. The number of hydrogen-bond donors (Lipinski definition) is 0. The van der Waals surface area contributed by atoms with E-state index in [4.69, 9.17) is 4.74 Å². The number of nitrogens with zero attached hydrogens (tertiary/aromatic N) is 4. The molecular formula is C28H30N4O2S. The van der Waals surface area contributed by atoms with Gasteiger partial charge < -0.3 is 14.2 Å². The molecule has 180 valence electrons. The number of hydrogen-bond acceptors (Lipinski definition) is 5. The highest BCUT2D eigenvalue weighted by Crippen LogP contribution is 2.31. The van der Waals surface area contributed by atoms with Crippen LogP contribution in [0.25, 0.3) is 11.4 Å². The summed E-state index contributed by atoms with van der Waals surface area (Å²) in [5, 5.41) is 9.71. The molecule has 35 heavy (non-hydrogen) atoms. The summed E-state index contributed by atoms with van der Waals surface area (Å²) >= 11 is 1.42. The average molecular weight is 487 g/mol. The quantitative estimate of drug-likeness (QED) is 0.271. The lowest BCUT2D eigenvalue weighted by Gasteiger charge is -2.22. The number of benzene rings is 3. The van der Waals surface area contributed by atoms with Gasteiger partial charge in [-0.2, -0.15) is 0 Å². The fourth-order valence-corrected chi connectivity index (χ4v) is 4.90. The molecule has 0 radical (unpaired) electrons. The van der Waals surface area contributed by atoms with E-state index in [1.807, 2.05) is 85.5 Å². The van der Waals surface area contributed by atoms with Crippen LogP contribution in [0, 0.1) is 6.92 Å². The molecule has 4 aromatic rings. The van der Waals surface area contributed by atoms with Crippen molar-refractivity contribution < 1.29 is 9.53 Å². The van der Waals surface area contributed by atoms with Crippen molar-refractivity contribution in [3.8, 4) is 17.1 Å². The van der Waals surface area contributed by atoms with E-state index in [2.05, 4.69) is 26.9 Å². The first kappa shape index (κ1) is 24.5. The summed E-state index contributed by atoms with van der Waals surface area (Å²) in [5.74, 6) is 1.80. The van der Waals surface area contributed by atoms with Crippen LogP contribution in [-0.2, 0) is 17.8 Å². The first-order chi connectivity index (χ1) is 17.1. The number of para-hydroxylation sites is 2. The molecule has 0 saturated heterocycles. The second-order valence-corrected chi connectivity index (χ2v) is 9.05. The van der Waals surface area contributed by atoms with Gasteiger partial charge in [-0.25, -0.2) is 0 Å². The summed E-state index contributed by atoms with van der Waals surface area (Å²) < 4.78 is 7.67. The highest BCUT2D eigenvalue weighted by molar-refractivity contribution is 7.99. The van der Waals surface area contributed by atoms with Gasteiger partial charge in [-0.15, -0.1) is 10.2 Å². The number of rotatable bonds is 10. The van der Waals surface area contributed by atoms with Crippen LogP contribution < -0.4 is 9.64 Å². The normalized spacial score (nSPS) is 10.8. The summed E-state index contributed by atoms with van der Waals surface area (Å²) in [6.45, 7) is 5.32. The lowest BCUT2D eigenvalue weighted by atomic mass is 10.1. The van der Waals surface area contributed by atoms with Crippen molar-refractivity contribution in [3.05, 3.63) is 90.0 Å². The van der Waals surface area contributed by atoms with E-state index in [9.17, 15) is 4.79 Å². The molecule has 0 aliphatic carbocycles. The summed E-state index contributed by atoms with van der Waals surface area (Å²) in [6, 6.07) is 26.1. The topological polar surface area (TPSA) is 60.3 Å². The Hall–Kier alpha value is -3.58. The number of aromatic nitrogens is 3. The van der Waals surface area contributed by atoms with Gasteiger partial charge >= 0.3 is 0 Å². The van der Waals surface area contributed by atoms with Crippen LogP contribution in [0.5, 0.6) is 5.75 Å². The zero-order valence-corrected chi connectivity index (χ0v) is 21.2. The fraction of sp³-hybridized carbons (Fsp3) is 0.250. The zero-order chi connectivity index (χ0) is 24.6. The molecule has 0 N–H and O–H groups in total. The van der Waals surface area contributed by atoms with Crippen molar-refractivity contribution in [2.75, 3.05) is 24.3 Å². The van der Waals surface area contributed by atoms with Gasteiger partial charge in [0.2, 0.25) is 5.91 Å². The SMILES string of the molecule is CCN(C(=O)CSc1nnc(-c2ccccc2OC)n1CCc1ccccc1)c1ccccc1C. The zero-order valence-electron chi connectivity index (χ0n) is 20.3. The maximum atomic E-state index is 13.2. The van der Waals surface area contributed by atoms with E-state index in [1.165, 1.54) is 17.3 Å². The first-order valence-electron chi connectivity index (χ1n) is 11.7. The van der Waals surface area contributed by atoms with E-state index in [0.717, 1.165) is 40.0 Å². The molecule has 0 atom stereocenters. The van der Waals surface area contributed by atoms with E-state index in [0.29, 0.717) is 13.1 Å². The van der Waals surface area contributed by atoms with Gasteiger partial charge in [0.25, 0.3) is 0 Å². The van der Waals surface area contributed by atoms with Crippen LogP contribution in [0.15, 0.2) is 84.0 Å². The van der Waals surface area contributed by atoms with Crippen molar-refractivity contribution in [2.45, 2.75) is 32.0 Å². The van der Waals surface area contributed by atoms with Crippen molar-refractivity contribution >= 4 is 23.4 Å². The minimum atomic E-state index is 0.0447. The number of thioether (sulfide) groups is 1. The Morgan fingerprint density at radius 1 is 0.971 bits per heavy atom. The standard InChI is InChI=1S/C28H30N4O2S/c1-4-31(24-16-10-8-12-21(24)2)26(33)20-35-28-30-29-27(23-15-9-11-17-25(23)34-3)32(28)19-18-22-13-6-5-7-14-22/h5-17H,4,18-20H2,1-3H3. The molecule has 1 aromatic heterocycles. The average Bonchev–Trinajstić information content (AvgIpc) is 3.30. The highest BCUT2D eigenvalue weighted by Gasteiger charge is 2.21. The second kappa shape index (κ2) is 11.7. The Kier molecular flexibility index (Phi) is 8.21. The molecule has 1 amide bonds. The first-order valence-corrected chi connectivity index (χ1v) is 12.7. The predicted molar refractivity (Wildman–Crippen MR) is 142 cm³/mol. The molecule has 7 heteroatoms. The van der Waals surface area contributed by atoms with Gasteiger partial charge in [0.1, 0.15) is 5.75 Å². The molecule has 0 saturated carbocycles. The van der Waals surface area contributed by atoms with Gasteiger partial charge in [0.05, 0.1) is 18.4 Å². The smallest absolute Gasteiger partial charge is 0.237 e. The van der Waals surface area contributed by atoms with Crippen LogP contribution >= 0.6 is 11.8 Å². The molecule has 3 aromatic carbocycles. The molecule has 0 fully saturated rings. The number of carbonyl (C=O) groups excluding carboxylic acids is 1. The molecule has 1 heterocycles. The van der Waals surface area contributed by atoms with E-state index < -0.39 is 0 Å². The van der Waals surface area contributed by atoms with Gasteiger partial charge in [-0.1, -0.05) is 72.4 Å². The highest BCUT2D eigenvalue weighted by atomic mass is 32.2. The van der Waals surface area contributed by atoms with Gasteiger partial charge in [-0.3, -0.25) is 4.79 Å². The molecule has 4 rings (SSSR count). The van der Waals surface area contributed by atoms with Crippen LogP contribution in [0.1, 0.15) is 18.1 Å². The minimum absolute atomic E-state index is 0.0447. The summed E-state index contributed by atoms with van der Waals surface area (Å²) in [5.41, 5.74) is 4.14. The Labute approximate surface area is 211 Å². The number of methoxy groups -OCH3 is 1. The Balaban J connectivity index is 1.59. The third kappa shape index (κ3) is 5.74. The van der Waals surface area contributed by atoms with Gasteiger partial charge in [0.15, 0.2) is 11.0 Å². The molecule has 0 aliphatic heterocycles. The number of amides is 1. The molecule has 0 bridgehead atoms. The number of ether oxygens (including phenoxy) is 1. The van der Waals surface area contributed by atoms with Crippen molar-refractivity contribution in [1.29, 1.82) is 0 Å². The van der Waals surface area contributed by atoms with E-state index in [-0.39, 0.29) is 11.7 Å². The minimum Gasteiger partial charge on any atom is -0.496 e. The van der Waals surface area contributed by atoms with Crippen LogP contribution in [-0.4, -0.2) is 40.1 Å². The Morgan fingerprint density at radius 3 is 2.43 bits per heavy atom. The van der Waals surface area contributed by atoms with Crippen LogP contribution in [0.3, 0.4) is 0 Å². The third-order valence-corrected chi connectivity index (χ3v) is 6.83. The number of anilines is 1. The van der Waals surface area contributed by atoms with Crippen molar-refractivity contribution in [1.82, 2.24) is 14.8 Å². The predicted octanol–water partition coefficient (Wildman–Crippen LogP) is 5.65. The fourth-order valence-electron chi connectivity index (χ4n) is 4.06. The van der Waals surface area contributed by atoms with E-state index >= 15 is 0 Å². The summed E-state index contributed by atoms with van der Waals surface area (Å²) in [4.78, 5) is 15.0. The lowest BCUT2D eigenvalue weighted by molar-refractivity contribution is -0.116. The van der Waals surface area contributed by atoms with Gasteiger partial charge in [0, 0.05) is 18.8 Å². The maximum Gasteiger partial charge on any atom is 0.237 e. The molecule has 0 unspecified atom stereocenters. The monoisotopic (exact) mass is 486 g/mol. The molecule has 0 aliphatic rings. The van der Waals surface area contributed by atoms with Crippen molar-refractivity contribution in [3.63, 3.8) is 0 Å². The molecular weight excluding hydrogens is 456 g/mol. The second-order valence-electron chi connectivity index (χ2n) is 8.11. The third-order valence-electron chi connectivity index (χ3n) is 5.88. The summed E-state index contributed by atoms with van der Waals surface area (Å²) in [7, 11) is 1.66. The van der Waals surface area contributed by atoms with E-state index in [1.54, 1.807) is 7.11 Å². The largest absolute Gasteiger partial charge is 0.496 e. The summed E-state index contributed by atoms with van der Waals surface area (Å²) in [6.07, 6.45) is 0.826. The Morgan fingerprint density at radius 2 is 1.69 bits per heavy atom. The molecule has 0 spiro atoms. The van der Waals surface area contributed by atoms with Gasteiger partial charge in [-0.05, 0) is 49.6 Å². The van der Waals surface area contributed by atoms with Crippen LogP contribution in [0.2, 0.25) is 0 Å². The molecule has 6 nitrogen and oxygen atoms in total. The Bertz CT molecular complexity index is 1270.